The van der Waals surface area contributed by atoms with Crippen LogP contribution in [0.1, 0.15) is 32.8 Å². The number of anilines is 1. The van der Waals surface area contributed by atoms with Crippen LogP contribution in [0.2, 0.25) is 0 Å². The summed E-state index contributed by atoms with van der Waals surface area (Å²) in [5.41, 5.74) is 0.969. The summed E-state index contributed by atoms with van der Waals surface area (Å²) >= 11 is 0. The van der Waals surface area contributed by atoms with Crippen LogP contribution < -0.4 is 10.6 Å². The Labute approximate surface area is 118 Å². The Morgan fingerprint density at radius 1 is 1.45 bits per heavy atom. The second-order valence-electron chi connectivity index (χ2n) is 6.03. The minimum absolute atomic E-state index is 0.0725. The number of hydrogen-bond donors (Lipinski definition) is 2. The van der Waals surface area contributed by atoms with E-state index in [0.29, 0.717) is 24.9 Å². The van der Waals surface area contributed by atoms with Gasteiger partial charge in [-0.15, -0.1) is 0 Å². The topological polar surface area (TPSA) is 50.4 Å². The molecule has 2 N–H and O–H groups in total. The van der Waals surface area contributed by atoms with Crippen LogP contribution in [0.5, 0.6) is 0 Å². The fourth-order valence-corrected chi connectivity index (χ4v) is 2.23. The Morgan fingerprint density at radius 2 is 2.20 bits per heavy atom. The highest BCUT2D eigenvalue weighted by molar-refractivity contribution is 5.68. The largest absolute Gasteiger partial charge is 0.444 e. The van der Waals surface area contributed by atoms with Gasteiger partial charge in [0.15, 0.2) is 0 Å². The minimum Gasteiger partial charge on any atom is -0.444 e. The van der Waals surface area contributed by atoms with Crippen molar-refractivity contribution in [3.05, 3.63) is 29.6 Å². The van der Waals surface area contributed by atoms with Crippen molar-refractivity contribution < 1.29 is 13.9 Å². The second kappa shape index (κ2) is 5.69. The molecular weight excluding hydrogens is 259 g/mol. The molecular formula is C15H21FN2O2. The molecule has 1 aliphatic heterocycles. The molecule has 4 nitrogen and oxygen atoms in total. The summed E-state index contributed by atoms with van der Waals surface area (Å²) in [6.45, 7) is 6.03. The molecule has 0 spiro atoms. The van der Waals surface area contributed by atoms with Crippen LogP contribution in [0.3, 0.4) is 0 Å². The van der Waals surface area contributed by atoms with Crippen molar-refractivity contribution in [3.8, 4) is 0 Å². The molecule has 0 saturated heterocycles. The smallest absolute Gasteiger partial charge is 0.407 e. The van der Waals surface area contributed by atoms with Gasteiger partial charge in [0.05, 0.1) is 0 Å². The van der Waals surface area contributed by atoms with Gasteiger partial charge in [-0.1, -0.05) is 6.07 Å². The lowest BCUT2D eigenvalue weighted by Crippen LogP contribution is -2.42. The van der Waals surface area contributed by atoms with Gasteiger partial charge in [-0.3, -0.25) is 0 Å². The molecule has 20 heavy (non-hydrogen) atoms. The number of ether oxygens (including phenoxy) is 1. The van der Waals surface area contributed by atoms with Gasteiger partial charge in [0.25, 0.3) is 0 Å². The summed E-state index contributed by atoms with van der Waals surface area (Å²) in [7, 11) is 0. The predicted octanol–water partition coefficient (Wildman–Crippen LogP) is 3.08. The van der Waals surface area contributed by atoms with Gasteiger partial charge in [0.1, 0.15) is 11.4 Å². The second-order valence-corrected chi connectivity index (χ2v) is 6.03. The van der Waals surface area contributed by atoms with Crippen molar-refractivity contribution in [3.63, 3.8) is 0 Å². The molecule has 0 aromatic heterocycles. The van der Waals surface area contributed by atoms with Gasteiger partial charge >= 0.3 is 6.09 Å². The van der Waals surface area contributed by atoms with E-state index < -0.39 is 11.7 Å². The summed E-state index contributed by atoms with van der Waals surface area (Å²) in [5.74, 6) is -0.201. The zero-order valence-electron chi connectivity index (χ0n) is 12.1. The van der Waals surface area contributed by atoms with Gasteiger partial charge in [-0.2, -0.15) is 0 Å². The maximum absolute atomic E-state index is 13.7. The number of benzene rings is 1. The Kier molecular flexibility index (Phi) is 4.16. The number of nitrogens with one attached hydrogen (secondary N) is 2. The summed E-state index contributed by atoms with van der Waals surface area (Å²) in [6.07, 6.45) is 0.839. The Morgan fingerprint density at radius 3 is 2.90 bits per heavy atom. The third-order valence-electron chi connectivity index (χ3n) is 3.12. The molecule has 1 atom stereocenters. The quantitative estimate of drug-likeness (QED) is 0.831. The molecule has 1 aromatic rings. The maximum atomic E-state index is 13.7. The summed E-state index contributed by atoms with van der Waals surface area (Å²) < 4.78 is 18.9. The monoisotopic (exact) mass is 280 g/mol. The van der Waals surface area contributed by atoms with E-state index in [9.17, 15) is 9.18 Å². The minimum atomic E-state index is -0.517. The number of rotatable bonds is 1. The first-order chi connectivity index (χ1) is 9.35. The van der Waals surface area contributed by atoms with E-state index in [0.717, 1.165) is 5.69 Å². The highest BCUT2D eigenvalue weighted by atomic mass is 19.1. The molecule has 0 unspecified atom stereocenters. The van der Waals surface area contributed by atoms with E-state index in [2.05, 4.69) is 10.6 Å². The van der Waals surface area contributed by atoms with Crippen molar-refractivity contribution in [1.82, 2.24) is 5.32 Å². The SMILES string of the molecule is CC(C)(C)OC(=O)N[C@H]1CCc2c(F)cccc2NC1. The molecule has 0 fully saturated rings. The zero-order valence-corrected chi connectivity index (χ0v) is 12.1. The van der Waals surface area contributed by atoms with E-state index in [-0.39, 0.29) is 11.9 Å². The van der Waals surface area contributed by atoms with E-state index >= 15 is 0 Å². The molecule has 0 aliphatic carbocycles. The zero-order chi connectivity index (χ0) is 14.8. The number of amides is 1. The molecule has 2 rings (SSSR count). The lowest BCUT2D eigenvalue weighted by Gasteiger charge is -2.23. The fraction of sp³-hybridized carbons (Fsp3) is 0.533. The van der Waals surface area contributed by atoms with Gasteiger partial charge in [0.2, 0.25) is 0 Å². The average Bonchev–Trinajstić information content (AvgIpc) is 2.51. The maximum Gasteiger partial charge on any atom is 0.407 e. The Balaban J connectivity index is 1.96. The number of halogens is 1. The van der Waals surface area contributed by atoms with Crippen LogP contribution in [-0.2, 0) is 11.2 Å². The van der Waals surface area contributed by atoms with Crippen LogP contribution in [0.4, 0.5) is 14.9 Å². The molecule has 110 valence electrons. The molecule has 1 heterocycles. The van der Waals surface area contributed by atoms with Gasteiger partial charge < -0.3 is 15.4 Å². The number of alkyl carbamates (subject to hydrolysis) is 1. The molecule has 0 radical (unpaired) electrons. The third kappa shape index (κ3) is 3.85. The number of carbonyl (C=O) groups is 1. The van der Waals surface area contributed by atoms with Crippen LogP contribution in [0.15, 0.2) is 18.2 Å². The first-order valence-corrected chi connectivity index (χ1v) is 6.86. The molecule has 0 saturated carbocycles. The molecule has 1 aliphatic rings. The Hall–Kier alpha value is -1.78. The number of fused-ring (bicyclic) bond motifs is 1. The summed E-state index contributed by atoms with van der Waals surface area (Å²) in [6, 6.07) is 4.93. The first kappa shape index (κ1) is 14.6. The van der Waals surface area contributed by atoms with Crippen molar-refractivity contribution in [2.75, 3.05) is 11.9 Å². The van der Waals surface area contributed by atoms with Crippen LogP contribution in [0, 0.1) is 5.82 Å². The van der Waals surface area contributed by atoms with Crippen molar-refractivity contribution >= 4 is 11.8 Å². The van der Waals surface area contributed by atoms with Crippen molar-refractivity contribution in [1.29, 1.82) is 0 Å². The van der Waals surface area contributed by atoms with Crippen molar-refractivity contribution in [2.45, 2.75) is 45.3 Å². The molecule has 5 heteroatoms. The predicted molar refractivity (Wildman–Crippen MR) is 76.4 cm³/mol. The highest BCUT2D eigenvalue weighted by Gasteiger charge is 2.22. The van der Waals surface area contributed by atoms with Gasteiger partial charge in [-0.25, -0.2) is 9.18 Å². The van der Waals surface area contributed by atoms with Gasteiger partial charge in [0, 0.05) is 23.8 Å². The highest BCUT2D eigenvalue weighted by Crippen LogP contribution is 2.24. The van der Waals surface area contributed by atoms with E-state index in [4.69, 9.17) is 4.74 Å². The molecule has 1 amide bonds. The molecule has 0 bridgehead atoms. The van der Waals surface area contributed by atoms with E-state index in [1.54, 1.807) is 6.07 Å². The lowest BCUT2D eigenvalue weighted by molar-refractivity contribution is 0.0505. The average molecular weight is 280 g/mol. The van der Waals surface area contributed by atoms with E-state index in [1.807, 2.05) is 26.8 Å². The number of hydrogen-bond acceptors (Lipinski definition) is 3. The number of carbonyl (C=O) groups excluding carboxylic acids is 1. The molecule has 1 aromatic carbocycles. The van der Waals surface area contributed by atoms with E-state index in [1.165, 1.54) is 6.07 Å². The summed E-state index contributed by atoms with van der Waals surface area (Å²) in [4.78, 5) is 11.7. The van der Waals surface area contributed by atoms with Crippen LogP contribution in [-0.4, -0.2) is 24.3 Å². The third-order valence-corrected chi connectivity index (χ3v) is 3.12. The van der Waals surface area contributed by atoms with Gasteiger partial charge in [-0.05, 0) is 45.7 Å². The van der Waals surface area contributed by atoms with Crippen molar-refractivity contribution in [2.24, 2.45) is 0 Å². The van der Waals surface area contributed by atoms with Crippen LogP contribution in [0.25, 0.3) is 0 Å². The standard InChI is InChI=1S/C15H21FN2O2/c1-15(2,3)20-14(19)18-10-7-8-11-12(16)5-4-6-13(11)17-9-10/h4-6,10,17H,7-9H2,1-3H3,(H,18,19)/t10-/m0/s1. The summed E-state index contributed by atoms with van der Waals surface area (Å²) in [5, 5.41) is 6.00. The Bertz CT molecular complexity index is 497. The fourth-order valence-electron chi connectivity index (χ4n) is 2.23. The van der Waals surface area contributed by atoms with Crippen LogP contribution >= 0.6 is 0 Å². The lowest BCUT2D eigenvalue weighted by atomic mass is 10.1. The first-order valence-electron chi connectivity index (χ1n) is 6.86. The normalized spacial score (nSPS) is 18.5.